The Hall–Kier alpha value is -1.56. The summed E-state index contributed by atoms with van der Waals surface area (Å²) in [7, 11) is 0. The van der Waals surface area contributed by atoms with Gasteiger partial charge in [-0.2, -0.15) is 0 Å². The second kappa shape index (κ2) is 61.2. The highest BCUT2D eigenvalue weighted by atomic mass is 14.4. The molecule has 12 fully saturated rings. The normalized spacial score (nSPS) is 34.8. The molecule has 0 radical (unpaired) electrons. The lowest BCUT2D eigenvalue weighted by atomic mass is 9.68. The first-order valence-electron chi connectivity index (χ1n) is 57.5. The van der Waals surface area contributed by atoms with Gasteiger partial charge in [0.1, 0.15) is 0 Å². The van der Waals surface area contributed by atoms with Crippen LogP contribution in [0.5, 0.6) is 0 Å². The fourth-order valence-electron chi connectivity index (χ4n) is 29.6. The van der Waals surface area contributed by atoms with E-state index in [1.165, 1.54) is 300 Å². The van der Waals surface area contributed by atoms with Gasteiger partial charge < -0.3 is 0 Å². The van der Waals surface area contributed by atoms with Gasteiger partial charge in [-0.3, -0.25) is 0 Å². The van der Waals surface area contributed by atoms with Crippen molar-refractivity contribution in [3.05, 3.63) is 70.8 Å². The van der Waals surface area contributed by atoms with Crippen LogP contribution in [0.15, 0.2) is 48.5 Å². The minimum Gasteiger partial charge on any atom is -0.0654 e. The molecule has 0 aliphatic heterocycles. The molecule has 12 aliphatic carbocycles. The monoisotopic (exact) mass is 1690 g/mol. The molecule has 0 heteroatoms. The largest absolute Gasteiger partial charge is 0.0654 e. The number of hydrogen-bond acceptors (Lipinski definition) is 0. The molecule has 12 saturated carbocycles. The van der Waals surface area contributed by atoms with Crippen molar-refractivity contribution in [1.29, 1.82) is 0 Å². The molecule has 722 valence electrons. The zero-order valence-corrected chi connectivity index (χ0v) is 84.1. The molecule has 0 unspecified atom stereocenters. The summed E-state index contributed by atoms with van der Waals surface area (Å²) in [5, 5.41) is 0. The Morgan fingerprint density at radius 2 is 0.372 bits per heavy atom. The van der Waals surface area contributed by atoms with Gasteiger partial charge in [0.2, 0.25) is 0 Å². The van der Waals surface area contributed by atoms with Crippen LogP contribution < -0.4 is 0 Å². The second-order valence-electron chi connectivity index (χ2n) is 46.3. The number of unbranched alkanes of at least 4 members (excludes halogenated alkanes) is 5. The highest BCUT2D eigenvalue weighted by Gasteiger charge is 2.38. The molecule has 0 aromatic heterocycles. The molecular formula is C121H238. The highest BCUT2D eigenvalue weighted by Crippen LogP contribution is 2.51. The van der Waals surface area contributed by atoms with E-state index in [9.17, 15) is 0 Å². The molecule has 121 heavy (non-hydrogen) atoms. The van der Waals surface area contributed by atoms with Gasteiger partial charge in [-0.1, -0.05) is 413 Å². The van der Waals surface area contributed by atoms with E-state index in [-0.39, 0.29) is 17.1 Å². The summed E-state index contributed by atoms with van der Waals surface area (Å²) in [6.45, 7) is 27.9. The lowest BCUT2D eigenvalue weighted by Crippen LogP contribution is -2.25. The van der Waals surface area contributed by atoms with Crippen LogP contribution in [0, 0.1) is 137 Å². The van der Waals surface area contributed by atoms with Crippen LogP contribution in [-0.4, -0.2) is 0 Å². The number of benzene rings is 2. The Bertz CT molecular complexity index is 2740. The first-order chi connectivity index (χ1) is 59.4. The molecule has 0 nitrogen and oxygen atoms in total. The van der Waals surface area contributed by atoms with Crippen molar-refractivity contribution >= 4 is 0 Å². The summed E-state index contributed by atoms with van der Waals surface area (Å²) in [5.41, 5.74) is 6.11. The van der Waals surface area contributed by atoms with Crippen molar-refractivity contribution in [2.75, 3.05) is 0 Å². The Kier molecular flexibility index (Phi) is 52.1. The van der Waals surface area contributed by atoms with E-state index in [1.54, 1.807) is 191 Å². The maximum absolute atomic E-state index is 2.42. The molecular weight excluding hydrogens is 1450 g/mol. The Morgan fingerprint density at radius 1 is 0.182 bits per heavy atom. The average Bonchev–Trinajstić information content (AvgIpc) is 0.881. The molecule has 12 aliphatic rings. The van der Waals surface area contributed by atoms with E-state index in [0.717, 1.165) is 142 Å². The quantitative estimate of drug-likeness (QED) is 0.0625. The Balaban J connectivity index is -0.000000740. The zero-order chi connectivity index (χ0) is 85.4. The topological polar surface area (TPSA) is 0 Å². The molecule has 0 atom stereocenters. The molecule has 0 bridgehead atoms. The fourth-order valence-corrected chi connectivity index (χ4v) is 29.6. The van der Waals surface area contributed by atoms with Crippen molar-refractivity contribution in [3.63, 3.8) is 0 Å². The summed E-state index contributed by atoms with van der Waals surface area (Å²) in [6, 6.07) is 18.9. The van der Waals surface area contributed by atoms with Gasteiger partial charge in [-0.25, -0.2) is 0 Å². The van der Waals surface area contributed by atoms with E-state index in [4.69, 9.17) is 0 Å². The minimum atomic E-state index is 0. The van der Waals surface area contributed by atoms with Gasteiger partial charge in [-0.05, 0) is 352 Å². The lowest BCUT2D eigenvalue weighted by molar-refractivity contribution is 0.140. The first kappa shape index (κ1) is 103. The van der Waals surface area contributed by atoms with Crippen LogP contribution >= 0.6 is 0 Å². The van der Waals surface area contributed by atoms with E-state index in [2.05, 4.69) is 132 Å². The maximum Gasteiger partial charge on any atom is 0 e. The predicted octanol–water partition coefficient (Wildman–Crippen LogP) is 43.3. The number of hydrogen-bond donors (Lipinski definition) is 0. The fraction of sp³-hybridized carbons (Fsp3) is 0.901. The van der Waals surface area contributed by atoms with Gasteiger partial charge >= 0.3 is 0 Å². The van der Waals surface area contributed by atoms with Crippen LogP contribution in [0.25, 0.3) is 0 Å². The van der Waals surface area contributed by atoms with E-state index in [0.29, 0.717) is 0 Å². The molecule has 14 rings (SSSR count). The Labute approximate surface area is 777 Å². The summed E-state index contributed by atoms with van der Waals surface area (Å²) < 4.78 is 0. The Morgan fingerprint density at radius 3 is 0.570 bits per heavy atom. The molecule has 0 N–H and O–H groups in total. The van der Waals surface area contributed by atoms with Gasteiger partial charge in [0.15, 0.2) is 0 Å². The van der Waals surface area contributed by atoms with E-state index >= 15 is 0 Å². The van der Waals surface area contributed by atoms with Gasteiger partial charge in [0.05, 0.1) is 0 Å². The average molecular weight is 1690 g/mol. The molecule has 0 spiro atoms. The minimum absolute atomic E-state index is 0. The lowest BCUT2D eigenvalue weighted by Gasteiger charge is -2.38. The van der Waals surface area contributed by atoms with Gasteiger partial charge in [-0.15, -0.1) is 0 Å². The first-order valence-corrected chi connectivity index (χ1v) is 57.5. The third kappa shape index (κ3) is 37.7. The third-order valence-electron chi connectivity index (χ3n) is 38.0. The zero-order valence-electron chi connectivity index (χ0n) is 84.1. The van der Waals surface area contributed by atoms with Crippen molar-refractivity contribution < 1.29 is 17.1 Å². The molecule has 2 aromatic carbocycles. The molecule has 0 saturated heterocycles. The highest BCUT2D eigenvalue weighted by molar-refractivity contribution is 5.27. The standard InChI is InChI=1S/C24H38.C22H34.C20H38.2C19H36.C17H32.12H2/c1-3-5-19-7-11-21(12-8-19)23-15-17-24(18-16-23)22-13-9-20(6-4-2)10-14-22;1-3-4-18-7-11-20(12-8-18)22-15-13-21(14-16-22)19-9-5-17(2)6-10-19;1-3-5-6-8-18-11-15-20(16-12-18)19-13-9-17(7-4-2)10-14-19;1-3-5-6-7-17-10-14-19(15-11-17)18-12-8-16(4-2)9-13-18;1-3-5-7-17-10-14-19(15-11-17)18-12-8-16(6-4-2)9-13-18;1-3-5-15-8-12-17(13-9-15)16-10-6-14(4-2)7-11-16;;;;;;;;;;;;/h7-8,11-12,20,22-24H,3-6,9-10,13-18H2,1-2H3;5-6,9-10,18,20-22H,3-4,7-8,11-16H2,1-2H3;17-20H,3-16H2,1-2H3;2*16-19H,3-15H2,1-2H3;14-17H,3-13H2,1-2H3;12*1H. The van der Waals surface area contributed by atoms with Crippen molar-refractivity contribution in [3.8, 4) is 0 Å². The SMILES string of the molecule is CCCC1CCC(C2CCC(CC)CC2)CC1.CCCC1CCC(C2CCC(c3ccc(C)cc3)CC2)CC1.CCCCC1CCC(C2CCC(CCC)CC2)CC1.CCCCCC1CCC(C2CCC(CC)CC2)CC1.CCCCCC1CCC(C2CCC(CCC)CC2)CC1.CCCc1ccc(C2CCC(C3CCC(CCC)CC3)CC2)cc1.[HH].[HH].[HH].[HH].[HH].[HH].[HH].[HH].[HH].[HH].[HH].[HH]. The summed E-state index contributed by atoms with van der Waals surface area (Å²) >= 11 is 0. The van der Waals surface area contributed by atoms with E-state index in [1.807, 2.05) is 0 Å². The van der Waals surface area contributed by atoms with Crippen LogP contribution in [0.1, 0.15) is 590 Å². The van der Waals surface area contributed by atoms with Crippen LogP contribution in [0.2, 0.25) is 0 Å². The van der Waals surface area contributed by atoms with Crippen LogP contribution in [0.3, 0.4) is 0 Å². The van der Waals surface area contributed by atoms with E-state index < -0.39 is 0 Å². The predicted molar refractivity (Wildman–Crippen MR) is 564 cm³/mol. The maximum atomic E-state index is 2.42. The van der Waals surface area contributed by atoms with Gasteiger partial charge in [0, 0.05) is 17.1 Å². The third-order valence-corrected chi connectivity index (χ3v) is 38.0. The smallest absolute Gasteiger partial charge is 0 e. The van der Waals surface area contributed by atoms with Crippen LogP contribution in [-0.2, 0) is 6.42 Å². The molecule has 0 amide bonds. The summed E-state index contributed by atoms with van der Waals surface area (Å²) in [5.74, 6) is 25.6. The summed E-state index contributed by atoms with van der Waals surface area (Å²) in [6.07, 6.45) is 110. The summed E-state index contributed by atoms with van der Waals surface area (Å²) in [4.78, 5) is 0. The van der Waals surface area contributed by atoms with Crippen LogP contribution in [0.4, 0.5) is 0 Å². The number of rotatable bonds is 33. The molecule has 2 aromatic rings. The molecule has 0 heterocycles. The second-order valence-corrected chi connectivity index (χ2v) is 46.3. The van der Waals surface area contributed by atoms with Crippen molar-refractivity contribution in [2.45, 2.75) is 564 Å². The van der Waals surface area contributed by atoms with Crippen molar-refractivity contribution in [1.82, 2.24) is 0 Å². The van der Waals surface area contributed by atoms with Crippen molar-refractivity contribution in [2.24, 2.45) is 130 Å². The van der Waals surface area contributed by atoms with Gasteiger partial charge in [0.25, 0.3) is 0 Å². The number of aryl methyl sites for hydroxylation is 2.